The van der Waals surface area contributed by atoms with E-state index >= 15 is 0 Å². The Hall–Kier alpha value is -0.570. The van der Waals surface area contributed by atoms with E-state index in [9.17, 15) is 4.79 Å². The minimum atomic E-state index is 0.296. The zero-order chi connectivity index (χ0) is 14.7. The minimum absolute atomic E-state index is 0.296. The average molecular weight is 292 g/mol. The summed E-state index contributed by atoms with van der Waals surface area (Å²) in [7, 11) is 0. The molecule has 3 nitrogen and oxygen atoms in total. The fourth-order valence-electron chi connectivity index (χ4n) is 4.91. The van der Waals surface area contributed by atoms with Crippen LogP contribution in [0.4, 0.5) is 0 Å². The van der Waals surface area contributed by atoms with Crippen molar-refractivity contribution in [2.75, 3.05) is 6.54 Å². The molecule has 0 aromatic heterocycles. The Labute approximate surface area is 129 Å². The Morgan fingerprint density at radius 2 is 1.81 bits per heavy atom. The van der Waals surface area contributed by atoms with E-state index in [0.717, 1.165) is 24.8 Å². The molecule has 1 aliphatic carbocycles. The number of nitrogens with one attached hydrogen (secondary N) is 2. The Balaban J connectivity index is 1.31. The number of hydrogen-bond donors (Lipinski definition) is 2. The van der Waals surface area contributed by atoms with Gasteiger partial charge in [-0.25, -0.2) is 0 Å². The molecular formula is C18H32N2O. The van der Waals surface area contributed by atoms with Crippen LogP contribution in [0.25, 0.3) is 0 Å². The summed E-state index contributed by atoms with van der Waals surface area (Å²) in [5.41, 5.74) is 0. The molecule has 3 rings (SSSR count). The van der Waals surface area contributed by atoms with Crippen LogP contribution in [0.5, 0.6) is 0 Å². The van der Waals surface area contributed by atoms with E-state index in [4.69, 9.17) is 0 Å². The van der Waals surface area contributed by atoms with Crippen LogP contribution >= 0.6 is 0 Å². The van der Waals surface area contributed by atoms with Gasteiger partial charge in [0, 0.05) is 25.0 Å². The summed E-state index contributed by atoms with van der Waals surface area (Å²) in [6.45, 7) is 3.27. The molecular weight excluding hydrogens is 260 g/mol. The van der Waals surface area contributed by atoms with Crippen LogP contribution in [0.15, 0.2) is 0 Å². The van der Waals surface area contributed by atoms with E-state index in [0.29, 0.717) is 23.9 Å². The second-order valence-corrected chi connectivity index (χ2v) is 7.96. The summed E-state index contributed by atoms with van der Waals surface area (Å²) in [6.07, 6.45) is 12.5. The highest BCUT2D eigenvalue weighted by molar-refractivity contribution is 5.76. The van der Waals surface area contributed by atoms with Gasteiger partial charge in [-0.1, -0.05) is 26.2 Å². The van der Waals surface area contributed by atoms with Crippen LogP contribution in [-0.4, -0.2) is 24.5 Å². The molecule has 3 aliphatic rings. The third-order valence-electron chi connectivity index (χ3n) is 5.96. The van der Waals surface area contributed by atoms with E-state index in [-0.39, 0.29) is 0 Å². The van der Waals surface area contributed by atoms with E-state index in [1.807, 2.05) is 0 Å². The Bertz CT molecular complexity index is 345. The third kappa shape index (κ3) is 4.45. The lowest BCUT2D eigenvalue weighted by Crippen LogP contribution is -2.39. The molecule has 1 amide bonds. The molecule has 0 spiro atoms. The molecule has 2 heterocycles. The zero-order valence-corrected chi connectivity index (χ0v) is 13.6. The van der Waals surface area contributed by atoms with Gasteiger partial charge in [-0.2, -0.15) is 0 Å². The molecule has 3 fully saturated rings. The minimum Gasteiger partial charge on any atom is -0.356 e. The molecule has 1 saturated carbocycles. The normalized spacial score (nSPS) is 39.2. The molecule has 0 aromatic carbocycles. The lowest BCUT2D eigenvalue weighted by Gasteiger charge is -2.29. The zero-order valence-electron chi connectivity index (χ0n) is 13.6. The maximum Gasteiger partial charge on any atom is 0.220 e. The van der Waals surface area contributed by atoms with Crippen molar-refractivity contribution in [2.24, 2.45) is 17.8 Å². The molecule has 3 heteroatoms. The number of carbonyl (C=O) groups excluding carboxylic acids is 1. The summed E-state index contributed by atoms with van der Waals surface area (Å²) in [5.74, 6) is 2.66. The first-order chi connectivity index (χ1) is 10.2. The average Bonchev–Trinajstić information content (AvgIpc) is 2.78. The summed E-state index contributed by atoms with van der Waals surface area (Å²) >= 11 is 0. The van der Waals surface area contributed by atoms with Gasteiger partial charge in [0.2, 0.25) is 5.91 Å². The van der Waals surface area contributed by atoms with Crippen molar-refractivity contribution in [3.05, 3.63) is 0 Å². The third-order valence-corrected chi connectivity index (χ3v) is 5.96. The lowest BCUT2D eigenvalue weighted by molar-refractivity contribution is -0.122. The number of hydrogen-bond acceptors (Lipinski definition) is 2. The summed E-state index contributed by atoms with van der Waals surface area (Å²) in [6, 6.07) is 1.40. The van der Waals surface area contributed by atoms with E-state index < -0.39 is 0 Å². The van der Waals surface area contributed by atoms with Crippen LogP contribution in [0.1, 0.15) is 71.1 Å². The first-order valence-electron chi connectivity index (χ1n) is 9.21. The van der Waals surface area contributed by atoms with E-state index in [1.165, 1.54) is 57.8 Å². The Kier molecular flexibility index (Phi) is 5.20. The van der Waals surface area contributed by atoms with Crippen molar-refractivity contribution in [3.8, 4) is 0 Å². The molecule has 0 aromatic rings. The summed E-state index contributed by atoms with van der Waals surface area (Å²) in [4.78, 5) is 12.1. The molecule has 4 unspecified atom stereocenters. The van der Waals surface area contributed by atoms with Gasteiger partial charge in [-0.3, -0.25) is 4.79 Å². The first kappa shape index (κ1) is 15.3. The van der Waals surface area contributed by atoms with Gasteiger partial charge in [-0.05, 0) is 56.3 Å². The predicted octanol–water partition coefficient (Wildman–Crippen LogP) is 3.24. The quantitative estimate of drug-likeness (QED) is 0.817. The summed E-state index contributed by atoms with van der Waals surface area (Å²) < 4.78 is 0. The second kappa shape index (κ2) is 7.13. The number of fused-ring (bicyclic) bond motifs is 2. The first-order valence-corrected chi connectivity index (χ1v) is 9.21. The van der Waals surface area contributed by atoms with Gasteiger partial charge >= 0.3 is 0 Å². The Morgan fingerprint density at radius 3 is 2.52 bits per heavy atom. The highest BCUT2D eigenvalue weighted by atomic mass is 16.1. The molecule has 2 bridgehead atoms. The smallest absolute Gasteiger partial charge is 0.220 e. The molecule has 120 valence electrons. The van der Waals surface area contributed by atoms with Crippen molar-refractivity contribution >= 4 is 5.91 Å². The van der Waals surface area contributed by atoms with E-state index in [1.54, 1.807) is 0 Å². The molecule has 0 radical (unpaired) electrons. The van der Waals surface area contributed by atoms with Gasteiger partial charge in [0.05, 0.1) is 0 Å². The predicted molar refractivity (Wildman–Crippen MR) is 86.0 cm³/mol. The topological polar surface area (TPSA) is 41.1 Å². The SMILES string of the molecule is CC1CCCC(CCNC(=O)CC2CC3CCC(C2)N3)C1. The molecule has 2 saturated heterocycles. The number of amides is 1. The van der Waals surface area contributed by atoms with Gasteiger partial charge in [0.25, 0.3) is 0 Å². The molecule has 21 heavy (non-hydrogen) atoms. The van der Waals surface area contributed by atoms with Crippen LogP contribution in [0.3, 0.4) is 0 Å². The maximum absolute atomic E-state index is 12.1. The van der Waals surface area contributed by atoms with Crippen molar-refractivity contribution < 1.29 is 4.79 Å². The van der Waals surface area contributed by atoms with Gasteiger partial charge in [0.15, 0.2) is 0 Å². The Morgan fingerprint density at radius 1 is 1.05 bits per heavy atom. The highest BCUT2D eigenvalue weighted by Gasteiger charge is 2.34. The van der Waals surface area contributed by atoms with Crippen LogP contribution in [0, 0.1) is 17.8 Å². The van der Waals surface area contributed by atoms with Crippen LogP contribution in [-0.2, 0) is 4.79 Å². The second-order valence-electron chi connectivity index (χ2n) is 7.96. The van der Waals surface area contributed by atoms with Gasteiger partial charge < -0.3 is 10.6 Å². The highest BCUT2D eigenvalue weighted by Crippen LogP contribution is 2.33. The van der Waals surface area contributed by atoms with Gasteiger partial charge in [-0.15, -0.1) is 0 Å². The number of rotatable bonds is 5. The molecule has 4 atom stereocenters. The van der Waals surface area contributed by atoms with Crippen molar-refractivity contribution in [1.29, 1.82) is 0 Å². The number of carbonyl (C=O) groups is 1. The van der Waals surface area contributed by atoms with E-state index in [2.05, 4.69) is 17.6 Å². The van der Waals surface area contributed by atoms with Crippen molar-refractivity contribution in [2.45, 2.75) is 83.2 Å². The van der Waals surface area contributed by atoms with Crippen LogP contribution < -0.4 is 10.6 Å². The van der Waals surface area contributed by atoms with Crippen molar-refractivity contribution in [1.82, 2.24) is 10.6 Å². The molecule has 2 N–H and O–H groups in total. The maximum atomic E-state index is 12.1. The number of piperidine rings is 1. The van der Waals surface area contributed by atoms with Gasteiger partial charge in [0.1, 0.15) is 0 Å². The molecule has 2 aliphatic heterocycles. The fourth-order valence-corrected chi connectivity index (χ4v) is 4.91. The van der Waals surface area contributed by atoms with Crippen LogP contribution in [0.2, 0.25) is 0 Å². The largest absolute Gasteiger partial charge is 0.356 e. The lowest BCUT2D eigenvalue weighted by atomic mass is 9.81. The standard InChI is InChI=1S/C18H32N2O/c1-13-3-2-4-14(9-13)7-8-19-18(21)12-15-10-16-5-6-17(11-15)20-16/h13-17,20H,2-12H2,1H3,(H,19,21). The fraction of sp³-hybridized carbons (Fsp3) is 0.944. The van der Waals surface area contributed by atoms with Crippen molar-refractivity contribution in [3.63, 3.8) is 0 Å². The monoisotopic (exact) mass is 292 g/mol. The summed E-state index contributed by atoms with van der Waals surface area (Å²) in [5, 5.41) is 6.83.